The maximum atomic E-state index is 12.4. The third kappa shape index (κ3) is 4.71. The Labute approximate surface area is 146 Å². The predicted molar refractivity (Wildman–Crippen MR) is 93.0 cm³/mol. The van der Waals surface area contributed by atoms with Gasteiger partial charge >= 0.3 is 0 Å². The van der Waals surface area contributed by atoms with E-state index in [1.807, 2.05) is 6.26 Å². The van der Waals surface area contributed by atoms with Gasteiger partial charge in [-0.2, -0.15) is 16.1 Å². The van der Waals surface area contributed by atoms with Crippen molar-refractivity contribution in [1.82, 2.24) is 15.2 Å². The van der Waals surface area contributed by atoms with E-state index in [9.17, 15) is 18.0 Å². The summed E-state index contributed by atoms with van der Waals surface area (Å²) >= 11 is 1.54. The molecule has 24 heavy (non-hydrogen) atoms. The lowest BCUT2D eigenvalue weighted by Gasteiger charge is -2.15. The Morgan fingerprint density at radius 1 is 1.12 bits per heavy atom. The molecule has 1 aromatic carbocycles. The summed E-state index contributed by atoms with van der Waals surface area (Å²) in [4.78, 5) is 23.6. The maximum absolute atomic E-state index is 12.4. The van der Waals surface area contributed by atoms with Gasteiger partial charge in [0.25, 0.3) is 5.91 Å². The standard InChI is InChI=1S/C15H21N3O4S2/c1-23-11-8-14(19)16-17-15(20)12-4-6-13(7-5-12)24(21,22)18-9-2-3-10-18/h4-7H,2-3,8-11H2,1H3,(H,16,19)(H,17,20). The van der Waals surface area contributed by atoms with E-state index in [2.05, 4.69) is 10.9 Å². The number of hydrogen-bond donors (Lipinski definition) is 2. The Balaban J connectivity index is 1.96. The van der Waals surface area contributed by atoms with Crippen molar-refractivity contribution >= 4 is 33.6 Å². The molecule has 2 rings (SSSR count). The SMILES string of the molecule is CSCCC(=O)NNC(=O)c1ccc(S(=O)(=O)N2CCCC2)cc1. The molecule has 1 aliphatic heterocycles. The van der Waals surface area contributed by atoms with Crippen LogP contribution in [0.15, 0.2) is 29.2 Å². The van der Waals surface area contributed by atoms with Crippen LogP contribution in [-0.4, -0.2) is 49.6 Å². The molecule has 0 radical (unpaired) electrons. The summed E-state index contributed by atoms with van der Waals surface area (Å²) in [6.45, 7) is 1.07. The molecule has 0 bridgehead atoms. The van der Waals surface area contributed by atoms with Crippen molar-refractivity contribution in [2.24, 2.45) is 0 Å². The second-order valence-electron chi connectivity index (χ2n) is 5.38. The van der Waals surface area contributed by atoms with Gasteiger partial charge in [-0.3, -0.25) is 20.4 Å². The zero-order valence-electron chi connectivity index (χ0n) is 13.4. The van der Waals surface area contributed by atoms with Crippen LogP contribution in [0.5, 0.6) is 0 Å². The molecule has 2 N–H and O–H groups in total. The van der Waals surface area contributed by atoms with Crippen LogP contribution < -0.4 is 10.9 Å². The highest BCUT2D eigenvalue weighted by molar-refractivity contribution is 7.98. The van der Waals surface area contributed by atoms with Gasteiger partial charge in [-0.1, -0.05) is 0 Å². The fourth-order valence-corrected chi connectivity index (χ4v) is 4.22. The molecule has 0 unspecified atom stereocenters. The van der Waals surface area contributed by atoms with E-state index in [0.29, 0.717) is 25.3 Å². The minimum Gasteiger partial charge on any atom is -0.273 e. The first-order valence-corrected chi connectivity index (χ1v) is 10.5. The van der Waals surface area contributed by atoms with E-state index in [1.54, 1.807) is 11.8 Å². The molecular formula is C15H21N3O4S2. The van der Waals surface area contributed by atoms with Gasteiger partial charge in [0.2, 0.25) is 15.9 Å². The summed E-state index contributed by atoms with van der Waals surface area (Å²) in [7, 11) is -3.49. The molecule has 1 aliphatic rings. The number of hydrogen-bond acceptors (Lipinski definition) is 5. The Bertz CT molecular complexity index is 683. The highest BCUT2D eigenvalue weighted by Crippen LogP contribution is 2.20. The van der Waals surface area contributed by atoms with Crippen LogP contribution in [0.3, 0.4) is 0 Å². The highest BCUT2D eigenvalue weighted by atomic mass is 32.2. The molecule has 0 aliphatic carbocycles. The zero-order chi connectivity index (χ0) is 17.6. The third-order valence-corrected chi connectivity index (χ3v) is 6.19. The lowest BCUT2D eigenvalue weighted by molar-refractivity contribution is -0.121. The van der Waals surface area contributed by atoms with E-state index in [0.717, 1.165) is 12.8 Å². The Morgan fingerprint density at radius 2 is 1.75 bits per heavy atom. The fourth-order valence-electron chi connectivity index (χ4n) is 2.31. The topological polar surface area (TPSA) is 95.6 Å². The number of nitrogens with zero attached hydrogens (tertiary/aromatic N) is 1. The number of benzene rings is 1. The first-order valence-electron chi connectivity index (χ1n) is 7.63. The molecule has 7 nitrogen and oxygen atoms in total. The van der Waals surface area contributed by atoms with Crippen molar-refractivity contribution in [1.29, 1.82) is 0 Å². The molecule has 0 atom stereocenters. The van der Waals surface area contributed by atoms with Crippen LogP contribution in [0, 0.1) is 0 Å². The summed E-state index contributed by atoms with van der Waals surface area (Å²) in [5.74, 6) is -0.0892. The van der Waals surface area contributed by atoms with Gasteiger partial charge in [-0.05, 0) is 43.4 Å². The van der Waals surface area contributed by atoms with Gasteiger partial charge in [-0.25, -0.2) is 8.42 Å². The summed E-state index contributed by atoms with van der Waals surface area (Å²) in [6.07, 6.45) is 3.95. The van der Waals surface area contributed by atoms with Crippen molar-refractivity contribution in [3.8, 4) is 0 Å². The van der Waals surface area contributed by atoms with E-state index in [4.69, 9.17) is 0 Å². The number of rotatable bonds is 6. The van der Waals surface area contributed by atoms with E-state index in [-0.39, 0.29) is 16.4 Å². The molecule has 0 saturated carbocycles. The molecule has 0 spiro atoms. The van der Waals surface area contributed by atoms with Crippen molar-refractivity contribution in [3.63, 3.8) is 0 Å². The van der Waals surface area contributed by atoms with Gasteiger partial charge in [0.1, 0.15) is 0 Å². The van der Waals surface area contributed by atoms with Gasteiger partial charge in [-0.15, -0.1) is 0 Å². The van der Waals surface area contributed by atoms with Crippen molar-refractivity contribution < 1.29 is 18.0 Å². The Morgan fingerprint density at radius 3 is 2.33 bits per heavy atom. The van der Waals surface area contributed by atoms with Crippen LogP contribution in [0.2, 0.25) is 0 Å². The summed E-state index contributed by atoms with van der Waals surface area (Å²) in [6, 6.07) is 5.70. The largest absolute Gasteiger partial charge is 0.273 e. The minimum atomic E-state index is -3.49. The van der Waals surface area contributed by atoms with E-state index < -0.39 is 15.9 Å². The van der Waals surface area contributed by atoms with Gasteiger partial charge in [0.05, 0.1) is 4.90 Å². The molecule has 2 amide bonds. The number of amides is 2. The van der Waals surface area contributed by atoms with Gasteiger partial charge < -0.3 is 0 Å². The number of nitrogens with one attached hydrogen (secondary N) is 2. The maximum Gasteiger partial charge on any atom is 0.269 e. The monoisotopic (exact) mass is 371 g/mol. The summed E-state index contributed by atoms with van der Waals surface area (Å²) in [5.41, 5.74) is 4.92. The quantitative estimate of drug-likeness (QED) is 0.727. The molecular weight excluding hydrogens is 350 g/mol. The summed E-state index contributed by atoms with van der Waals surface area (Å²) in [5, 5.41) is 0. The number of thioether (sulfide) groups is 1. The van der Waals surface area contributed by atoms with Crippen LogP contribution in [-0.2, 0) is 14.8 Å². The number of hydrazine groups is 1. The third-order valence-electron chi connectivity index (χ3n) is 3.67. The molecule has 0 aromatic heterocycles. The number of sulfonamides is 1. The van der Waals surface area contributed by atoms with Crippen molar-refractivity contribution in [2.75, 3.05) is 25.1 Å². The Hall–Kier alpha value is -1.58. The first-order chi connectivity index (χ1) is 11.4. The number of carbonyl (C=O) groups excluding carboxylic acids is 2. The second kappa shape index (κ2) is 8.50. The van der Waals surface area contributed by atoms with Crippen LogP contribution >= 0.6 is 11.8 Å². The Kier molecular flexibility index (Phi) is 6.64. The van der Waals surface area contributed by atoms with E-state index >= 15 is 0 Å². The lowest BCUT2D eigenvalue weighted by atomic mass is 10.2. The summed E-state index contributed by atoms with van der Waals surface area (Å²) < 4.78 is 26.2. The molecule has 1 heterocycles. The second-order valence-corrected chi connectivity index (χ2v) is 8.30. The molecule has 1 aromatic rings. The van der Waals surface area contributed by atoms with Gasteiger partial charge in [0.15, 0.2) is 0 Å². The van der Waals surface area contributed by atoms with E-state index in [1.165, 1.54) is 28.6 Å². The fraction of sp³-hybridized carbons (Fsp3) is 0.467. The molecule has 1 fully saturated rings. The van der Waals surface area contributed by atoms with Crippen LogP contribution in [0.25, 0.3) is 0 Å². The predicted octanol–water partition coefficient (Wildman–Crippen LogP) is 0.985. The minimum absolute atomic E-state index is 0.171. The normalized spacial score (nSPS) is 15.2. The zero-order valence-corrected chi connectivity index (χ0v) is 15.1. The smallest absolute Gasteiger partial charge is 0.269 e. The average molecular weight is 371 g/mol. The van der Waals surface area contributed by atoms with Crippen LogP contribution in [0.4, 0.5) is 0 Å². The van der Waals surface area contributed by atoms with Crippen molar-refractivity contribution in [2.45, 2.75) is 24.2 Å². The van der Waals surface area contributed by atoms with Crippen LogP contribution in [0.1, 0.15) is 29.6 Å². The molecule has 132 valence electrons. The molecule has 9 heteroatoms. The average Bonchev–Trinajstić information content (AvgIpc) is 3.13. The van der Waals surface area contributed by atoms with Crippen molar-refractivity contribution in [3.05, 3.63) is 29.8 Å². The van der Waals surface area contributed by atoms with Gasteiger partial charge in [0, 0.05) is 30.8 Å². The highest BCUT2D eigenvalue weighted by Gasteiger charge is 2.27. The number of carbonyl (C=O) groups is 2. The molecule has 1 saturated heterocycles. The first kappa shape index (κ1) is 18.8. The lowest BCUT2D eigenvalue weighted by Crippen LogP contribution is -2.41.